The van der Waals surface area contributed by atoms with Crippen LogP contribution in [-0.2, 0) is 13.0 Å². The van der Waals surface area contributed by atoms with Crippen LogP contribution in [0.3, 0.4) is 0 Å². The lowest BCUT2D eigenvalue weighted by atomic mass is 10.0. The number of fused-ring (bicyclic) bond motifs is 1. The molecule has 0 aliphatic heterocycles. The summed E-state index contributed by atoms with van der Waals surface area (Å²) in [5.74, 6) is 0. The highest BCUT2D eigenvalue weighted by atomic mass is 35.5. The monoisotopic (exact) mass is 386 g/mol. The molecule has 1 aromatic heterocycles. The number of quaternary nitrogens is 2. The fraction of sp³-hybridized carbons (Fsp3) is 0.318. The molecule has 2 aromatic carbocycles. The highest BCUT2D eigenvalue weighted by Crippen LogP contribution is 2.20. The molecule has 0 aliphatic carbocycles. The van der Waals surface area contributed by atoms with E-state index in [9.17, 15) is 4.79 Å². The zero-order valence-electron chi connectivity index (χ0n) is 16.1. The van der Waals surface area contributed by atoms with E-state index >= 15 is 0 Å². The summed E-state index contributed by atoms with van der Waals surface area (Å²) in [6.45, 7) is 3.69. The highest BCUT2D eigenvalue weighted by molar-refractivity contribution is 6.31. The van der Waals surface area contributed by atoms with Gasteiger partial charge in [-0.25, -0.2) is 4.79 Å². The van der Waals surface area contributed by atoms with Gasteiger partial charge in [0.2, 0.25) is 0 Å². The van der Waals surface area contributed by atoms with E-state index < -0.39 is 0 Å². The summed E-state index contributed by atoms with van der Waals surface area (Å²) in [6, 6.07) is 16.0. The maximum atomic E-state index is 12.0. The lowest BCUT2D eigenvalue weighted by Crippen LogP contribution is -3.09. The standard InChI is InChI=1S/C22H25ClN2O2/c1-4-15-9-10-17-16(12-22(26)27-21(17)11-15)13-24-14-20(25(2)3)18-7-5-6-8-19(18)23/h5-12,20,24H,4,13-14H2,1-3H3/p+2/t20-/m0/s1. The van der Waals surface area contributed by atoms with Crippen LogP contribution in [0, 0.1) is 0 Å². The first kappa shape index (κ1) is 19.6. The number of hydrogen-bond acceptors (Lipinski definition) is 2. The lowest BCUT2D eigenvalue weighted by Gasteiger charge is -2.21. The van der Waals surface area contributed by atoms with Gasteiger partial charge in [-0.05, 0) is 24.1 Å². The zero-order valence-corrected chi connectivity index (χ0v) is 16.8. The van der Waals surface area contributed by atoms with Gasteiger partial charge in [-0.2, -0.15) is 0 Å². The van der Waals surface area contributed by atoms with Crippen molar-refractivity contribution in [3.8, 4) is 0 Å². The molecule has 3 N–H and O–H groups in total. The molecule has 0 saturated heterocycles. The van der Waals surface area contributed by atoms with Crippen LogP contribution in [0.25, 0.3) is 11.0 Å². The van der Waals surface area contributed by atoms with Crippen molar-refractivity contribution in [2.24, 2.45) is 0 Å². The molecule has 3 aromatic rings. The number of hydrogen-bond donors (Lipinski definition) is 2. The lowest BCUT2D eigenvalue weighted by molar-refractivity contribution is -0.910. The van der Waals surface area contributed by atoms with Gasteiger partial charge in [-0.1, -0.05) is 48.9 Å². The second-order valence-electron chi connectivity index (χ2n) is 7.15. The quantitative estimate of drug-likeness (QED) is 0.610. The number of benzene rings is 2. The van der Waals surface area contributed by atoms with Crippen LogP contribution in [0.5, 0.6) is 0 Å². The van der Waals surface area contributed by atoms with Crippen molar-refractivity contribution < 1.29 is 14.6 Å². The Hall–Kier alpha value is -2.14. The van der Waals surface area contributed by atoms with E-state index in [0.717, 1.165) is 41.0 Å². The largest absolute Gasteiger partial charge is 0.423 e. The van der Waals surface area contributed by atoms with E-state index in [4.69, 9.17) is 16.0 Å². The van der Waals surface area contributed by atoms with Gasteiger partial charge >= 0.3 is 5.63 Å². The molecule has 142 valence electrons. The fourth-order valence-corrected chi connectivity index (χ4v) is 3.77. The van der Waals surface area contributed by atoms with Crippen LogP contribution in [0.15, 0.2) is 57.7 Å². The number of nitrogens with one attached hydrogen (secondary N) is 1. The average molecular weight is 387 g/mol. The van der Waals surface area contributed by atoms with Gasteiger partial charge in [-0.15, -0.1) is 0 Å². The third-order valence-corrected chi connectivity index (χ3v) is 5.39. The van der Waals surface area contributed by atoms with Gasteiger partial charge in [-0.3, -0.25) is 0 Å². The van der Waals surface area contributed by atoms with Gasteiger partial charge < -0.3 is 14.6 Å². The van der Waals surface area contributed by atoms with Crippen LogP contribution in [0.4, 0.5) is 0 Å². The molecule has 0 fully saturated rings. The topological polar surface area (TPSA) is 51.3 Å². The molecular formula is C22H27ClN2O2+2. The summed E-state index contributed by atoms with van der Waals surface area (Å²) in [4.78, 5) is 13.3. The van der Waals surface area contributed by atoms with Crippen molar-refractivity contribution in [2.75, 3.05) is 20.6 Å². The number of aryl methyl sites for hydroxylation is 1. The summed E-state index contributed by atoms with van der Waals surface area (Å²) < 4.78 is 5.40. The van der Waals surface area contributed by atoms with Crippen LogP contribution in [0.2, 0.25) is 5.02 Å². The van der Waals surface area contributed by atoms with E-state index in [1.54, 1.807) is 6.07 Å². The number of halogens is 1. The Balaban J connectivity index is 1.80. The zero-order chi connectivity index (χ0) is 19.4. The first-order valence-corrected chi connectivity index (χ1v) is 9.79. The smallest absolute Gasteiger partial charge is 0.336 e. The van der Waals surface area contributed by atoms with Crippen molar-refractivity contribution in [3.63, 3.8) is 0 Å². The molecule has 0 bridgehead atoms. The molecular weight excluding hydrogens is 360 g/mol. The normalized spacial score (nSPS) is 12.6. The number of likely N-dealkylation sites (N-methyl/N-ethyl adjacent to an activating group) is 1. The Labute approximate surface area is 164 Å². The molecule has 0 unspecified atom stereocenters. The maximum absolute atomic E-state index is 12.0. The fourth-order valence-electron chi connectivity index (χ4n) is 3.50. The Bertz CT molecular complexity index is 981. The summed E-state index contributed by atoms with van der Waals surface area (Å²) in [7, 11) is 4.28. The predicted molar refractivity (Wildman–Crippen MR) is 109 cm³/mol. The molecule has 0 amide bonds. The first-order chi connectivity index (χ1) is 13.0. The molecule has 1 heterocycles. The predicted octanol–water partition coefficient (Wildman–Crippen LogP) is 1.96. The van der Waals surface area contributed by atoms with E-state index in [0.29, 0.717) is 5.58 Å². The van der Waals surface area contributed by atoms with E-state index in [1.807, 2.05) is 24.3 Å². The van der Waals surface area contributed by atoms with Crippen LogP contribution in [0.1, 0.15) is 29.7 Å². The number of nitrogens with two attached hydrogens (primary N) is 1. The molecule has 27 heavy (non-hydrogen) atoms. The Morgan fingerprint density at radius 1 is 1.15 bits per heavy atom. The maximum Gasteiger partial charge on any atom is 0.336 e. The summed E-state index contributed by atoms with van der Waals surface area (Å²) in [5, 5.41) is 4.05. The van der Waals surface area contributed by atoms with Gasteiger partial charge in [0.15, 0.2) is 6.04 Å². The second kappa shape index (κ2) is 8.70. The summed E-state index contributed by atoms with van der Waals surface area (Å²) >= 11 is 6.41. The molecule has 5 heteroatoms. The Kier molecular flexibility index (Phi) is 6.32. The van der Waals surface area contributed by atoms with Crippen molar-refractivity contribution in [1.82, 2.24) is 0 Å². The minimum absolute atomic E-state index is 0.275. The van der Waals surface area contributed by atoms with Gasteiger partial charge in [0, 0.05) is 27.6 Å². The molecule has 0 spiro atoms. The van der Waals surface area contributed by atoms with Gasteiger partial charge in [0.1, 0.15) is 18.7 Å². The third-order valence-electron chi connectivity index (χ3n) is 5.05. The molecule has 3 rings (SSSR count). The van der Waals surface area contributed by atoms with Crippen LogP contribution >= 0.6 is 11.6 Å². The number of rotatable bonds is 7. The van der Waals surface area contributed by atoms with Crippen molar-refractivity contribution in [3.05, 3.63) is 80.7 Å². The first-order valence-electron chi connectivity index (χ1n) is 9.41. The van der Waals surface area contributed by atoms with Gasteiger partial charge in [0.25, 0.3) is 0 Å². The van der Waals surface area contributed by atoms with Crippen molar-refractivity contribution in [1.29, 1.82) is 0 Å². The highest BCUT2D eigenvalue weighted by Gasteiger charge is 2.22. The average Bonchev–Trinajstić information content (AvgIpc) is 2.65. The summed E-state index contributed by atoms with van der Waals surface area (Å²) in [5.41, 5.74) is 3.71. The Morgan fingerprint density at radius 2 is 1.93 bits per heavy atom. The van der Waals surface area contributed by atoms with E-state index in [-0.39, 0.29) is 11.7 Å². The van der Waals surface area contributed by atoms with E-state index in [2.05, 4.69) is 44.5 Å². The molecule has 0 aliphatic rings. The molecule has 4 nitrogen and oxygen atoms in total. The third kappa shape index (κ3) is 4.59. The molecule has 0 radical (unpaired) electrons. The summed E-state index contributed by atoms with van der Waals surface area (Å²) in [6.07, 6.45) is 0.918. The van der Waals surface area contributed by atoms with Crippen molar-refractivity contribution in [2.45, 2.75) is 25.9 Å². The van der Waals surface area contributed by atoms with Crippen molar-refractivity contribution >= 4 is 22.6 Å². The Morgan fingerprint density at radius 3 is 2.63 bits per heavy atom. The van der Waals surface area contributed by atoms with Gasteiger partial charge in [0.05, 0.1) is 14.1 Å². The molecule has 0 saturated carbocycles. The second-order valence-corrected chi connectivity index (χ2v) is 7.56. The molecule has 1 atom stereocenters. The minimum atomic E-state index is -0.292. The van der Waals surface area contributed by atoms with E-state index in [1.165, 1.54) is 10.5 Å². The van der Waals surface area contributed by atoms with Crippen LogP contribution in [-0.4, -0.2) is 20.6 Å². The van der Waals surface area contributed by atoms with Crippen LogP contribution < -0.4 is 15.8 Å². The SMILES string of the molecule is CCc1ccc2c(C[NH2+]C[C@@H](c3ccccc3Cl)[NH+](C)C)cc(=O)oc2c1. The minimum Gasteiger partial charge on any atom is -0.423 e.